The van der Waals surface area contributed by atoms with Crippen LogP contribution >= 0.6 is 0 Å². The minimum absolute atomic E-state index is 0.205. The van der Waals surface area contributed by atoms with E-state index in [2.05, 4.69) is 53.1 Å². The first-order valence-electron chi connectivity index (χ1n) is 10.4. The molecule has 162 valence electrons. The Labute approximate surface area is 184 Å². The number of fused-ring (bicyclic) bond motifs is 1. The third-order valence-electron chi connectivity index (χ3n) is 5.36. The number of carbonyl (C=O) groups excluding carboxylic acids is 1. The predicted molar refractivity (Wildman–Crippen MR) is 125 cm³/mol. The summed E-state index contributed by atoms with van der Waals surface area (Å²) in [6.07, 6.45) is 3.15. The topological polar surface area (TPSA) is 137 Å². The van der Waals surface area contributed by atoms with E-state index >= 15 is 0 Å². The SMILES string of the molecule is NC(=O)c1cnc(Nc2ccc(N3CCNCC3)cc2)nc1Nc1ccc2[nH]ncc2c1. The molecule has 3 heterocycles. The van der Waals surface area contributed by atoms with Gasteiger partial charge in [0, 0.05) is 54.8 Å². The number of primary amides is 1. The average Bonchev–Trinajstić information content (AvgIpc) is 3.28. The second-order valence-electron chi connectivity index (χ2n) is 7.53. The number of nitrogens with two attached hydrogens (primary N) is 1. The fourth-order valence-electron chi connectivity index (χ4n) is 3.68. The molecule has 1 amide bonds. The van der Waals surface area contributed by atoms with Gasteiger partial charge in [-0.05, 0) is 42.5 Å². The Morgan fingerprint density at radius 2 is 1.78 bits per heavy atom. The molecule has 0 bridgehead atoms. The molecule has 0 unspecified atom stereocenters. The van der Waals surface area contributed by atoms with Crippen molar-refractivity contribution in [3.63, 3.8) is 0 Å². The van der Waals surface area contributed by atoms with Gasteiger partial charge in [-0.15, -0.1) is 0 Å². The molecular formula is C22H23N9O. The van der Waals surface area contributed by atoms with Crippen LogP contribution in [-0.2, 0) is 0 Å². The Hall–Kier alpha value is -4.18. The number of aromatic nitrogens is 4. The zero-order valence-electron chi connectivity index (χ0n) is 17.3. The van der Waals surface area contributed by atoms with Crippen molar-refractivity contribution in [2.75, 3.05) is 41.7 Å². The van der Waals surface area contributed by atoms with Crippen LogP contribution in [0.25, 0.3) is 10.9 Å². The van der Waals surface area contributed by atoms with E-state index in [1.54, 1.807) is 6.20 Å². The third-order valence-corrected chi connectivity index (χ3v) is 5.36. The van der Waals surface area contributed by atoms with Gasteiger partial charge in [0.15, 0.2) is 0 Å². The highest BCUT2D eigenvalue weighted by molar-refractivity contribution is 5.98. The standard InChI is InChI=1S/C22H23N9O/c23-20(32)18-13-25-22(28-15-1-4-17(5-2-15)31-9-7-24-8-10-31)29-21(18)27-16-3-6-19-14(11-16)12-26-30-19/h1-6,11-13,24H,7-10H2,(H2,23,32)(H,26,30)(H2,25,27,28,29). The summed E-state index contributed by atoms with van der Waals surface area (Å²) in [5, 5.41) is 17.6. The van der Waals surface area contributed by atoms with Crippen LogP contribution in [0.4, 0.5) is 28.8 Å². The van der Waals surface area contributed by atoms with Gasteiger partial charge in [0.2, 0.25) is 5.95 Å². The number of benzene rings is 2. The first-order valence-corrected chi connectivity index (χ1v) is 10.4. The van der Waals surface area contributed by atoms with E-state index in [0.717, 1.165) is 48.5 Å². The van der Waals surface area contributed by atoms with Crippen molar-refractivity contribution >= 4 is 45.6 Å². The van der Waals surface area contributed by atoms with Gasteiger partial charge in [-0.1, -0.05) is 0 Å². The number of nitrogens with zero attached hydrogens (tertiary/aromatic N) is 4. The van der Waals surface area contributed by atoms with E-state index in [1.165, 1.54) is 11.9 Å². The first-order chi connectivity index (χ1) is 15.7. The molecular weight excluding hydrogens is 406 g/mol. The van der Waals surface area contributed by atoms with E-state index in [0.29, 0.717) is 11.8 Å². The molecule has 2 aromatic carbocycles. The minimum Gasteiger partial charge on any atom is -0.369 e. The first kappa shape index (κ1) is 19.8. The Bertz CT molecular complexity index is 1250. The number of rotatable bonds is 6. The van der Waals surface area contributed by atoms with Gasteiger partial charge >= 0.3 is 0 Å². The Balaban J connectivity index is 1.36. The van der Waals surface area contributed by atoms with Crippen LogP contribution in [0.5, 0.6) is 0 Å². The molecule has 1 aliphatic heterocycles. The zero-order chi connectivity index (χ0) is 21.9. The highest BCUT2D eigenvalue weighted by atomic mass is 16.1. The van der Waals surface area contributed by atoms with Gasteiger partial charge in [-0.2, -0.15) is 10.1 Å². The van der Waals surface area contributed by atoms with E-state index in [4.69, 9.17) is 5.73 Å². The maximum Gasteiger partial charge on any atom is 0.254 e. The lowest BCUT2D eigenvalue weighted by Gasteiger charge is -2.29. The largest absolute Gasteiger partial charge is 0.369 e. The summed E-state index contributed by atoms with van der Waals surface area (Å²) in [5.41, 5.74) is 9.44. The minimum atomic E-state index is -0.608. The Morgan fingerprint density at radius 3 is 2.56 bits per heavy atom. The lowest BCUT2D eigenvalue weighted by molar-refractivity contribution is 0.100. The molecule has 0 saturated carbocycles. The lowest BCUT2D eigenvalue weighted by atomic mass is 10.2. The van der Waals surface area contributed by atoms with Crippen LogP contribution in [0.15, 0.2) is 54.9 Å². The van der Waals surface area contributed by atoms with Gasteiger partial charge < -0.3 is 26.6 Å². The van der Waals surface area contributed by atoms with E-state index in [-0.39, 0.29) is 5.56 Å². The number of amides is 1. The molecule has 1 saturated heterocycles. The Kier molecular flexibility index (Phi) is 5.26. The molecule has 10 heteroatoms. The second kappa shape index (κ2) is 8.52. The van der Waals surface area contributed by atoms with E-state index in [1.807, 2.05) is 30.3 Å². The molecule has 5 rings (SSSR count). The molecule has 10 nitrogen and oxygen atoms in total. The summed E-state index contributed by atoms with van der Waals surface area (Å²) >= 11 is 0. The number of anilines is 5. The van der Waals surface area contributed by atoms with Crippen molar-refractivity contribution in [1.29, 1.82) is 0 Å². The number of hydrogen-bond acceptors (Lipinski definition) is 8. The molecule has 0 aliphatic carbocycles. The highest BCUT2D eigenvalue weighted by Gasteiger charge is 2.14. The molecule has 1 fully saturated rings. The third kappa shape index (κ3) is 4.16. The average molecular weight is 429 g/mol. The van der Waals surface area contributed by atoms with E-state index in [9.17, 15) is 4.79 Å². The molecule has 32 heavy (non-hydrogen) atoms. The van der Waals surface area contributed by atoms with Crippen LogP contribution in [0, 0.1) is 0 Å². The molecule has 2 aromatic heterocycles. The molecule has 0 spiro atoms. The molecule has 1 aliphatic rings. The maximum absolute atomic E-state index is 11.9. The second-order valence-corrected chi connectivity index (χ2v) is 7.53. The van der Waals surface area contributed by atoms with Gasteiger partial charge in [0.1, 0.15) is 11.4 Å². The number of piperazine rings is 1. The summed E-state index contributed by atoms with van der Waals surface area (Å²) in [4.78, 5) is 23.0. The number of hydrogen-bond donors (Lipinski definition) is 5. The number of carbonyl (C=O) groups is 1. The zero-order valence-corrected chi connectivity index (χ0v) is 17.3. The number of H-pyrrole nitrogens is 1. The fourth-order valence-corrected chi connectivity index (χ4v) is 3.68. The van der Waals surface area contributed by atoms with Gasteiger partial charge in [0.25, 0.3) is 5.91 Å². The van der Waals surface area contributed by atoms with Gasteiger partial charge in [-0.3, -0.25) is 9.89 Å². The summed E-state index contributed by atoms with van der Waals surface area (Å²) in [6.45, 7) is 3.96. The monoisotopic (exact) mass is 429 g/mol. The fraction of sp³-hybridized carbons (Fsp3) is 0.182. The van der Waals surface area contributed by atoms with Crippen LogP contribution in [0.1, 0.15) is 10.4 Å². The van der Waals surface area contributed by atoms with Gasteiger partial charge in [-0.25, -0.2) is 4.98 Å². The quantitative estimate of drug-likeness (QED) is 0.315. The van der Waals surface area contributed by atoms with Crippen molar-refractivity contribution in [3.8, 4) is 0 Å². The highest BCUT2D eigenvalue weighted by Crippen LogP contribution is 2.25. The van der Waals surface area contributed by atoms with Crippen molar-refractivity contribution < 1.29 is 4.79 Å². The van der Waals surface area contributed by atoms with Crippen LogP contribution in [-0.4, -0.2) is 52.3 Å². The summed E-state index contributed by atoms with van der Waals surface area (Å²) in [5.74, 6) is 0.0795. The van der Waals surface area contributed by atoms with Gasteiger partial charge in [0.05, 0.1) is 11.7 Å². The maximum atomic E-state index is 11.9. The predicted octanol–water partition coefficient (Wildman–Crippen LogP) is 2.35. The summed E-state index contributed by atoms with van der Waals surface area (Å²) in [6, 6.07) is 13.8. The molecule has 6 N–H and O–H groups in total. The van der Waals surface area contributed by atoms with Crippen molar-refractivity contribution in [2.24, 2.45) is 5.73 Å². The van der Waals surface area contributed by atoms with Crippen molar-refractivity contribution in [1.82, 2.24) is 25.5 Å². The molecule has 0 radical (unpaired) electrons. The summed E-state index contributed by atoms with van der Waals surface area (Å²) < 4.78 is 0. The smallest absolute Gasteiger partial charge is 0.254 e. The molecule has 4 aromatic rings. The summed E-state index contributed by atoms with van der Waals surface area (Å²) in [7, 11) is 0. The number of nitrogens with one attached hydrogen (secondary N) is 4. The normalized spacial score (nSPS) is 13.8. The van der Waals surface area contributed by atoms with Crippen LogP contribution in [0.3, 0.4) is 0 Å². The molecule has 0 atom stereocenters. The lowest BCUT2D eigenvalue weighted by Crippen LogP contribution is -2.43. The van der Waals surface area contributed by atoms with Crippen LogP contribution in [0.2, 0.25) is 0 Å². The van der Waals surface area contributed by atoms with E-state index < -0.39 is 5.91 Å². The number of aromatic amines is 1. The van der Waals surface area contributed by atoms with Crippen molar-refractivity contribution in [3.05, 3.63) is 60.4 Å². The Morgan fingerprint density at radius 1 is 1.00 bits per heavy atom. The van der Waals surface area contributed by atoms with Crippen molar-refractivity contribution in [2.45, 2.75) is 0 Å². The van der Waals surface area contributed by atoms with Crippen LogP contribution < -0.4 is 26.6 Å².